The second-order valence-electron chi connectivity index (χ2n) is 5.93. The first-order valence-electron chi connectivity index (χ1n) is 8.23. The van der Waals surface area contributed by atoms with Gasteiger partial charge in [-0.1, -0.05) is 12.1 Å². The third kappa shape index (κ3) is 4.58. The van der Waals surface area contributed by atoms with Crippen LogP contribution in [0.4, 0.5) is 11.4 Å². The van der Waals surface area contributed by atoms with Gasteiger partial charge in [0.25, 0.3) is 0 Å². The molecule has 130 valence electrons. The van der Waals surface area contributed by atoms with E-state index >= 15 is 0 Å². The number of nitrogens with two attached hydrogens (primary N) is 1. The van der Waals surface area contributed by atoms with E-state index in [-0.39, 0.29) is 5.91 Å². The Hall–Kier alpha value is -2.86. The second-order valence-corrected chi connectivity index (χ2v) is 5.93. The first-order valence-corrected chi connectivity index (χ1v) is 8.23. The summed E-state index contributed by atoms with van der Waals surface area (Å²) in [5.74, 6) is -0.593. The van der Waals surface area contributed by atoms with E-state index in [1.807, 2.05) is 24.3 Å². The van der Waals surface area contributed by atoms with Gasteiger partial charge >= 0.3 is 0 Å². The van der Waals surface area contributed by atoms with Crippen molar-refractivity contribution in [3.05, 3.63) is 59.7 Å². The van der Waals surface area contributed by atoms with Gasteiger partial charge in [0.2, 0.25) is 11.8 Å². The molecule has 1 fully saturated rings. The molecule has 0 saturated carbocycles. The average molecular weight is 339 g/mol. The summed E-state index contributed by atoms with van der Waals surface area (Å²) < 4.78 is 5.35. The van der Waals surface area contributed by atoms with Crippen LogP contribution in [0, 0.1) is 0 Å². The Morgan fingerprint density at radius 1 is 1.00 bits per heavy atom. The number of nitrogens with one attached hydrogen (secondary N) is 1. The van der Waals surface area contributed by atoms with Gasteiger partial charge in [-0.15, -0.1) is 0 Å². The second kappa shape index (κ2) is 7.81. The van der Waals surface area contributed by atoms with Crippen LogP contribution in [0.5, 0.6) is 0 Å². The minimum atomic E-state index is -0.488. The number of nitrogens with zero attached hydrogens (tertiary/aromatic N) is 1. The van der Waals surface area contributed by atoms with Gasteiger partial charge in [-0.2, -0.15) is 0 Å². The molecule has 2 amide bonds. The van der Waals surface area contributed by atoms with Crippen LogP contribution >= 0.6 is 0 Å². The van der Waals surface area contributed by atoms with Crippen LogP contribution in [0.15, 0.2) is 48.5 Å². The zero-order chi connectivity index (χ0) is 17.6. The minimum absolute atomic E-state index is 0.106. The summed E-state index contributed by atoms with van der Waals surface area (Å²) >= 11 is 0. The lowest BCUT2D eigenvalue weighted by molar-refractivity contribution is -0.115. The number of amides is 2. The number of primary amides is 1. The van der Waals surface area contributed by atoms with E-state index in [1.165, 1.54) is 0 Å². The van der Waals surface area contributed by atoms with Crippen LogP contribution in [0.25, 0.3) is 0 Å². The molecule has 3 N–H and O–H groups in total. The smallest absolute Gasteiger partial charge is 0.248 e. The third-order valence-corrected chi connectivity index (χ3v) is 4.13. The number of rotatable bonds is 5. The quantitative estimate of drug-likeness (QED) is 0.870. The Morgan fingerprint density at radius 2 is 1.64 bits per heavy atom. The van der Waals surface area contributed by atoms with Crippen LogP contribution in [0.3, 0.4) is 0 Å². The summed E-state index contributed by atoms with van der Waals surface area (Å²) in [5.41, 5.74) is 8.34. The minimum Gasteiger partial charge on any atom is -0.378 e. The van der Waals surface area contributed by atoms with Crippen molar-refractivity contribution < 1.29 is 14.3 Å². The van der Waals surface area contributed by atoms with Gasteiger partial charge in [0, 0.05) is 30.0 Å². The van der Waals surface area contributed by atoms with Gasteiger partial charge in [-0.05, 0) is 42.0 Å². The molecule has 0 unspecified atom stereocenters. The Kier molecular flexibility index (Phi) is 5.30. The maximum atomic E-state index is 12.2. The predicted octanol–water partition coefficient (Wildman–Crippen LogP) is 1.80. The van der Waals surface area contributed by atoms with Gasteiger partial charge in [0.1, 0.15) is 0 Å². The van der Waals surface area contributed by atoms with Crippen molar-refractivity contribution in [3.63, 3.8) is 0 Å². The van der Waals surface area contributed by atoms with Gasteiger partial charge in [0.05, 0.1) is 19.6 Å². The molecule has 2 aromatic rings. The highest BCUT2D eigenvalue weighted by molar-refractivity contribution is 5.95. The van der Waals surface area contributed by atoms with Crippen LogP contribution in [0.1, 0.15) is 15.9 Å². The summed E-state index contributed by atoms with van der Waals surface area (Å²) in [5, 5.41) is 2.82. The molecule has 1 heterocycles. The SMILES string of the molecule is NC(=O)c1ccc(NC(=O)Cc2ccc(N3CCOCC3)cc2)cc1. The lowest BCUT2D eigenvalue weighted by atomic mass is 10.1. The number of carbonyl (C=O) groups excluding carboxylic acids is 2. The number of ether oxygens (including phenoxy) is 1. The van der Waals surface area contributed by atoms with E-state index in [9.17, 15) is 9.59 Å². The Balaban J connectivity index is 1.56. The summed E-state index contributed by atoms with van der Waals surface area (Å²) in [6.07, 6.45) is 0.293. The zero-order valence-corrected chi connectivity index (χ0v) is 13.9. The summed E-state index contributed by atoms with van der Waals surface area (Å²) in [6.45, 7) is 3.28. The van der Waals surface area contributed by atoms with E-state index in [0.717, 1.165) is 37.6 Å². The molecule has 1 saturated heterocycles. The van der Waals surface area contributed by atoms with Gasteiger partial charge in [-0.25, -0.2) is 0 Å². The van der Waals surface area contributed by atoms with E-state index in [1.54, 1.807) is 24.3 Å². The molecule has 0 bridgehead atoms. The maximum absolute atomic E-state index is 12.2. The molecule has 6 heteroatoms. The molecule has 0 spiro atoms. The van der Waals surface area contributed by atoms with Gasteiger partial charge in [-0.3, -0.25) is 9.59 Å². The first kappa shape index (κ1) is 17.0. The summed E-state index contributed by atoms with van der Waals surface area (Å²) in [6, 6.07) is 14.5. The monoisotopic (exact) mass is 339 g/mol. The molecule has 0 aliphatic carbocycles. The van der Waals surface area contributed by atoms with Crippen LogP contribution in [0.2, 0.25) is 0 Å². The first-order chi connectivity index (χ1) is 12.1. The van der Waals surface area contributed by atoms with E-state index in [4.69, 9.17) is 10.5 Å². The van der Waals surface area contributed by atoms with Crippen LogP contribution in [-0.2, 0) is 16.0 Å². The van der Waals surface area contributed by atoms with E-state index in [2.05, 4.69) is 10.2 Å². The molecule has 0 aromatic heterocycles. The Morgan fingerprint density at radius 3 is 2.24 bits per heavy atom. The third-order valence-electron chi connectivity index (χ3n) is 4.13. The van der Waals surface area contributed by atoms with Crippen molar-refractivity contribution in [1.82, 2.24) is 0 Å². The highest BCUT2D eigenvalue weighted by Gasteiger charge is 2.11. The topological polar surface area (TPSA) is 84.7 Å². The number of hydrogen-bond donors (Lipinski definition) is 2. The molecule has 1 aliphatic heterocycles. The van der Waals surface area contributed by atoms with E-state index < -0.39 is 5.91 Å². The van der Waals surface area contributed by atoms with Gasteiger partial charge in [0.15, 0.2) is 0 Å². The van der Waals surface area contributed by atoms with E-state index in [0.29, 0.717) is 17.7 Å². The number of anilines is 2. The fraction of sp³-hybridized carbons (Fsp3) is 0.263. The van der Waals surface area contributed by atoms with Gasteiger partial charge < -0.3 is 20.7 Å². The highest BCUT2D eigenvalue weighted by atomic mass is 16.5. The van der Waals surface area contributed by atoms with Crippen molar-refractivity contribution in [2.24, 2.45) is 5.73 Å². The Labute approximate surface area is 146 Å². The lowest BCUT2D eigenvalue weighted by Gasteiger charge is -2.28. The summed E-state index contributed by atoms with van der Waals surface area (Å²) in [7, 11) is 0. The highest BCUT2D eigenvalue weighted by Crippen LogP contribution is 2.17. The molecular formula is C19H21N3O3. The molecule has 0 atom stereocenters. The largest absolute Gasteiger partial charge is 0.378 e. The van der Waals surface area contributed by atoms with Crippen molar-refractivity contribution in [2.45, 2.75) is 6.42 Å². The van der Waals surface area contributed by atoms with Crippen LogP contribution in [-0.4, -0.2) is 38.1 Å². The average Bonchev–Trinajstić information content (AvgIpc) is 2.63. The predicted molar refractivity (Wildman–Crippen MR) is 96.8 cm³/mol. The molecular weight excluding hydrogens is 318 g/mol. The lowest BCUT2D eigenvalue weighted by Crippen LogP contribution is -2.36. The normalized spacial score (nSPS) is 14.2. The number of morpholine rings is 1. The van der Waals surface area contributed by atoms with Crippen LogP contribution < -0.4 is 16.0 Å². The molecule has 3 rings (SSSR count). The summed E-state index contributed by atoms with van der Waals surface area (Å²) in [4.78, 5) is 25.5. The molecule has 0 radical (unpaired) electrons. The number of carbonyl (C=O) groups is 2. The standard InChI is InChI=1S/C19H21N3O3/c20-19(24)15-3-5-16(6-4-15)21-18(23)13-14-1-7-17(8-2-14)22-9-11-25-12-10-22/h1-8H,9-13H2,(H2,20,24)(H,21,23). The van der Waals surface area contributed by atoms with Crippen molar-refractivity contribution in [1.29, 1.82) is 0 Å². The zero-order valence-electron chi connectivity index (χ0n) is 13.9. The maximum Gasteiger partial charge on any atom is 0.248 e. The fourth-order valence-corrected chi connectivity index (χ4v) is 2.75. The fourth-order valence-electron chi connectivity index (χ4n) is 2.75. The molecule has 2 aromatic carbocycles. The van der Waals surface area contributed by atoms with Crippen molar-refractivity contribution >= 4 is 23.2 Å². The molecule has 6 nitrogen and oxygen atoms in total. The Bertz CT molecular complexity index is 736. The number of hydrogen-bond acceptors (Lipinski definition) is 4. The molecule has 25 heavy (non-hydrogen) atoms. The van der Waals surface area contributed by atoms with Crippen molar-refractivity contribution in [3.8, 4) is 0 Å². The molecule has 1 aliphatic rings. The number of benzene rings is 2. The van der Waals surface area contributed by atoms with Crippen molar-refractivity contribution in [2.75, 3.05) is 36.5 Å².